The summed E-state index contributed by atoms with van der Waals surface area (Å²) < 4.78 is 3.26. The Kier molecular flexibility index (Phi) is 6.91. The van der Waals surface area contributed by atoms with E-state index in [-0.39, 0.29) is 24.1 Å². The van der Waals surface area contributed by atoms with Crippen LogP contribution in [-0.4, -0.2) is 25.4 Å². The summed E-state index contributed by atoms with van der Waals surface area (Å²) in [6, 6.07) is 17.0. The zero-order chi connectivity index (χ0) is 27.0. The second-order valence-corrected chi connectivity index (χ2v) is 9.86. The molecule has 0 aliphatic carbocycles. The fraction of sp³-hybridized carbons (Fsp3) is 0.300. The number of aromatic nitrogens is 3. The van der Waals surface area contributed by atoms with Gasteiger partial charge in [0.1, 0.15) is 5.69 Å². The van der Waals surface area contributed by atoms with Gasteiger partial charge in [0.15, 0.2) is 5.82 Å². The van der Waals surface area contributed by atoms with Gasteiger partial charge in [-0.25, -0.2) is 0 Å². The number of nitrogens with zero attached hydrogens (tertiary/aromatic N) is 4. The normalized spacial score (nSPS) is 14.7. The Balaban J connectivity index is 1.60. The van der Waals surface area contributed by atoms with Crippen molar-refractivity contribution >= 4 is 23.1 Å². The van der Waals surface area contributed by atoms with Gasteiger partial charge in [0.05, 0.1) is 18.3 Å². The fourth-order valence-electron chi connectivity index (χ4n) is 5.30. The van der Waals surface area contributed by atoms with Crippen LogP contribution in [0.25, 0.3) is 11.1 Å². The van der Waals surface area contributed by atoms with Crippen molar-refractivity contribution in [3.63, 3.8) is 0 Å². The average molecular weight is 512 g/mol. The lowest BCUT2D eigenvalue weighted by Crippen LogP contribution is -2.29. The van der Waals surface area contributed by atoms with Crippen LogP contribution in [0.3, 0.4) is 0 Å². The first-order valence-corrected chi connectivity index (χ1v) is 13.0. The van der Waals surface area contributed by atoms with E-state index in [0.29, 0.717) is 28.3 Å². The SMILES string of the molecule is CCCCC1c2ccccc2C(=O)N1c1cccc(-c2cc(Nc3cc(C)n(C)n3)c(=O)n(C)c2)c1CO. The standard InChI is InChI=1S/C30H33N5O3/c1-5-6-13-26-22-10-7-8-11-23(22)29(37)35(26)27-14-9-12-21(24(27)18-36)20-16-25(30(38)33(3)17-20)31-28-15-19(2)34(4)32-28/h7-12,14-17,26,36H,5-6,13,18H2,1-4H3,(H,31,32). The van der Waals surface area contributed by atoms with Gasteiger partial charge in [0.25, 0.3) is 11.5 Å². The minimum atomic E-state index is -0.253. The number of aryl methyl sites for hydroxylation is 3. The third-order valence-electron chi connectivity index (χ3n) is 7.35. The molecule has 0 bridgehead atoms. The number of hydrogen-bond acceptors (Lipinski definition) is 5. The van der Waals surface area contributed by atoms with Gasteiger partial charge in [-0.15, -0.1) is 0 Å². The van der Waals surface area contributed by atoms with Crippen molar-refractivity contribution in [3.05, 3.63) is 93.5 Å². The van der Waals surface area contributed by atoms with Gasteiger partial charge in [0, 0.05) is 48.7 Å². The molecule has 0 saturated carbocycles. The number of amides is 1. The molecule has 38 heavy (non-hydrogen) atoms. The van der Waals surface area contributed by atoms with Crippen LogP contribution in [0, 0.1) is 6.92 Å². The summed E-state index contributed by atoms with van der Waals surface area (Å²) >= 11 is 0. The van der Waals surface area contributed by atoms with E-state index in [4.69, 9.17) is 0 Å². The van der Waals surface area contributed by atoms with Crippen molar-refractivity contribution in [2.24, 2.45) is 14.1 Å². The van der Waals surface area contributed by atoms with Crippen LogP contribution < -0.4 is 15.8 Å². The van der Waals surface area contributed by atoms with E-state index in [1.807, 2.05) is 67.4 Å². The minimum absolute atomic E-state index is 0.0538. The highest BCUT2D eigenvalue weighted by Gasteiger charge is 2.38. The number of unbranched alkanes of at least 4 members (excludes halogenated alkanes) is 1. The number of carbonyl (C=O) groups excluding carboxylic acids is 1. The van der Waals surface area contributed by atoms with E-state index in [1.165, 1.54) is 4.57 Å². The maximum absolute atomic E-state index is 13.7. The summed E-state index contributed by atoms with van der Waals surface area (Å²) in [6.07, 6.45) is 4.60. The second kappa shape index (κ2) is 10.3. The van der Waals surface area contributed by atoms with Crippen molar-refractivity contribution in [2.75, 3.05) is 10.2 Å². The summed E-state index contributed by atoms with van der Waals surface area (Å²) in [5, 5.41) is 18.2. The molecule has 2 aromatic heterocycles. The number of anilines is 3. The van der Waals surface area contributed by atoms with Gasteiger partial charge in [0.2, 0.25) is 0 Å². The number of rotatable bonds is 8. The van der Waals surface area contributed by atoms with Gasteiger partial charge >= 0.3 is 0 Å². The molecular weight excluding hydrogens is 478 g/mol. The van der Waals surface area contributed by atoms with Crippen molar-refractivity contribution in [2.45, 2.75) is 45.8 Å². The molecule has 0 saturated heterocycles. The van der Waals surface area contributed by atoms with Crippen molar-refractivity contribution in [3.8, 4) is 11.1 Å². The summed E-state index contributed by atoms with van der Waals surface area (Å²) in [7, 11) is 3.55. The molecule has 5 rings (SSSR count). The Hall–Kier alpha value is -4.17. The number of aliphatic hydroxyl groups is 1. The van der Waals surface area contributed by atoms with E-state index in [2.05, 4.69) is 17.3 Å². The quantitative estimate of drug-likeness (QED) is 0.338. The molecule has 1 unspecified atom stereocenters. The molecular formula is C30H33N5O3. The molecule has 4 aromatic rings. The Morgan fingerprint density at radius 2 is 1.79 bits per heavy atom. The summed E-state index contributed by atoms with van der Waals surface area (Å²) in [5.41, 5.74) is 5.74. The van der Waals surface area contributed by atoms with Gasteiger partial charge in [-0.05, 0) is 42.7 Å². The molecule has 2 aromatic carbocycles. The molecule has 0 spiro atoms. The Morgan fingerprint density at radius 1 is 1.03 bits per heavy atom. The lowest BCUT2D eigenvalue weighted by atomic mass is 9.97. The minimum Gasteiger partial charge on any atom is -0.392 e. The van der Waals surface area contributed by atoms with Crippen LogP contribution in [0.4, 0.5) is 17.2 Å². The second-order valence-electron chi connectivity index (χ2n) is 9.86. The summed E-state index contributed by atoms with van der Waals surface area (Å²) in [6.45, 7) is 3.83. The van der Waals surface area contributed by atoms with Gasteiger partial charge in [-0.1, -0.05) is 50.1 Å². The molecule has 1 aliphatic heterocycles. The van der Waals surface area contributed by atoms with Crippen LogP contribution in [0.15, 0.2) is 65.6 Å². The maximum atomic E-state index is 13.7. The number of fused-ring (bicyclic) bond motifs is 1. The zero-order valence-corrected chi connectivity index (χ0v) is 22.2. The monoisotopic (exact) mass is 511 g/mol. The average Bonchev–Trinajstić information content (AvgIpc) is 3.39. The number of carbonyl (C=O) groups is 1. The fourth-order valence-corrected chi connectivity index (χ4v) is 5.30. The topological polar surface area (TPSA) is 92.4 Å². The highest BCUT2D eigenvalue weighted by molar-refractivity contribution is 6.11. The largest absolute Gasteiger partial charge is 0.392 e. The van der Waals surface area contributed by atoms with E-state index in [0.717, 1.165) is 41.6 Å². The first kappa shape index (κ1) is 25.5. The number of benzene rings is 2. The van der Waals surface area contributed by atoms with E-state index in [9.17, 15) is 14.7 Å². The predicted octanol–water partition coefficient (Wildman–Crippen LogP) is 5.22. The third-order valence-corrected chi connectivity index (χ3v) is 7.35. The lowest BCUT2D eigenvalue weighted by Gasteiger charge is -2.28. The highest BCUT2D eigenvalue weighted by Crippen LogP contribution is 2.43. The van der Waals surface area contributed by atoms with Crippen LogP contribution in [0.1, 0.15) is 59.4 Å². The van der Waals surface area contributed by atoms with Gasteiger partial charge in [-0.2, -0.15) is 5.10 Å². The van der Waals surface area contributed by atoms with Crippen LogP contribution in [0.2, 0.25) is 0 Å². The van der Waals surface area contributed by atoms with E-state index in [1.54, 1.807) is 24.0 Å². The Morgan fingerprint density at radius 3 is 2.50 bits per heavy atom. The Labute approximate surface area is 222 Å². The first-order valence-electron chi connectivity index (χ1n) is 13.0. The van der Waals surface area contributed by atoms with Crippen LogP contribution in [0.5, 0.6) is 0 Å². The number of aliphatic hydroxyl groups excluding tert-OH is 1. The van der Waals surface area contributed by atoms with Crippen molar-refractivity contribution < 1.29 is 9.90 Å². The van der Waals surface area contributed by atoms with Crippen molar-refractivity contribution in [1.82, 2.24) is 14.3 Å². The third kappa shape index (κ3) is 4.41. The Bertz CT molecular complexity index is 1550. The highest BCUT2D eigenvalue weighted by atomic mass is 16.3. The number of nitrogens with one attached hydrogen (secondary N) is 1. The zero-order valence-electron chi connectivity index (χ0n) is 22.2. The van der Waals surface area contributed by atoms with E-state index < -0.39 is 0 Å². The van der Waals surface area contributed by atoms with Gasteiger partial charge in [-0.3, -0.25) is 14.3 Å². The smallest absolute Gasteiger partial charge is 0.274 e. The molecule has 2 N–H and O–H groups in total. The molecule has 1 atom stereocenters. The lowest BCUT2D eigenvalue weighted by molar-refractivity contribution is 0.0989. The number of hydrogen-bond donors (Lipinski definition) is 2. The van der Waals surface area contributed by atoms with Crippen LogP contribution in [-0.2, 0) is 20.7 Å². The molecule has 196 valence electrons. The molecule has 8 heteroatoms. The van der Waals surface area contributed by atoms with Crippen LogP contribution >= 0.6 is 0 Å². The molecule has 8 nitrogen and oxygen atoms in total. The number of pyridine rings is 1. The maximum Gasteiger partial charge on any atom is 0.274 e. The molecule has 1 amide bonds. The molecule has 0 radical (unpaired) electrons. The summed E-state index contributed by atoms with van der Waals surface area (Å²) in [4.78, 5) is 28.4. The molecule has 1 aliphatic rings. The first-order chi connectivity index (χ1) is 18.3. The predicted molar refractivity (Wildman–Crippen MR) is 150 cm³/mol. The van der Waals surface area contributed by atoms with Gasteiger partial charge < -0.3 is 19.9 Å². The molecule has 3 heterocycles. The molecule has 0 fully saturated rings. The summed E-state index contributed by atoms with van der Waals surface area (Å²) in [5.74, 6) is 0.525. The van der Waals surface area contributed by atoms with E-state index >= 15 is 0 Å². The van der Waals surface area contributed by atoms with Crippen molar-refractivity contribution in [1.29, 1.82) is 0 Å².